The van der Waals surface area contributed by atoms with Gasteiger partial charge in [-0.25, -0.2) is 0 Å². The number of primary amides is 1. The minimum absolute atomic E-state index is 0.368. The predicted molar refractivity (Wildman–Crippen MR) is 47.0 cm³/mol. The second kappa shape index (κ2) is 4.94. The fraction of sp³-hybridized carbons (Fsp3) is 0.667. The quantitative estimate of drug-likeness (QED) is 0.605. The Morgan fingerprint density at radius 2 is 2.18 bits per heavy atom. The molecule has 0 heterocycles. The SMILES string of the molecule is C=C(CC(C)CCC)C(N)=O. The molecule has 0 rings (SSSR count). The topological polar surface area (TPSA) is 43.1 Å². The Labute approximate surface area is 68.5 Å². The van der Waals surface area contributed by atoms with Crippen molar-refractivity contribution in [3.63, 3.8) is 0 Å². The number of hydrogen-bond donors (Lipinski definition) is 1. The van der Waals surface area contributed by atoms with Crippen LogP contribution in [0, 0.1) is 5.92 Å². The Morgan fingerprint density at radius 1 is 1.64 bits per heavy atom. The summed E-state index contributed by atoms with van der Waals surface area (Å²) in [6.07, 6.45) is 3.02. The fourth-order valence-corrected chi connectivity index (χ4v) is 1.12. The van der Waals surface area contributed by atoms with E-state index in [4.69, 9.17) is 5.73 Å². The van der Waals surface area contributed by atoms with Crippen molar-refractivity contribution in [2.45, 2.75) is 33.1 Å². The molecule has 1 unspecified atom stereocenters. The van der Waals surface area contributed by atoms with Crippen LogP contribution in [-0.2, 0) is 4.79 Å². The number of carbonyl (C=O) groups excluding carboxylic acids is 1. The molecule has 0 aromatic carbocycles. The van der Waals surface area contributed by atoms with E-state index in [9.17, 15) is 4.79 Å². The van der Waals surface area contributed by atoms with E-state index in [1.165, 1.54) is 0 Å². The maximum Gasteiger partial charge on any atom is 0.244 e. The predicted octanol–water partition coefficient (Wildman–Crippen LogP) is 1.85. The van der Waals surface area contributed by atoms with Gasteiger partial charge in [0.25, 0.3) is 0 Å². The molecule has 0 spiro atoms. The summed E-state index contributed by atoms with van der Waals surface area (Å²) in [4.78, 5) is 10.6. The first-order valence-electron chi connectivity index (χ1n) is 4.05. The van der Waals surface area contributed by atoms with E-state index in [1.807, 2.05) is 0 Å². The van der Waals surface area contributed by atoms with Crippen molar-refractivity contribution in [3.05, 3.63) is 12.2 Å². The largest absolute Gasteiger partial charge is 0.366 e. The molecule has 0 aliphatic heterocycles. The zero-order valence-electron chi connectivity index (χ0n) is 7.39. The molecule has 11 heavy (non-hydrogen) atoms. The van der Waals surface area contributed by atoms with Gasteiger partial charge in [-0.1, -0.05) is 33.3 Å². The molecule has 1 atom stereocenters. The molecule has 1 amide bonds. The first kappa shape index (κ1) is 10.2. The molecule has 2 nitrogen and oxygen atoms in total. The van der Waals surface area contributed by atoms with Crippen molar-refractivity contribution in [1.29, 1.82) is 0 Å². The van der Waals surface area contributed by atoms with Crippen LogP contribution in [0.2, 0.25) is 0 Å². The average Bonchev–Trinajstić information content (AvgIpc) is 1.87. The first-order chi connectivity index (χ1) is 5.07. The number of carbonyl (C=O) groups is 1. The van der Waals surface area contributed by atoms with Crippen LogP contribution < -0.4 is 5.73 Å². The maximum atomic E-state index is 10.6. The summed E-state index contributed by atoms with van der Waals surface area (Å²) < 4.78 is 0. The van der Waals surface area contributed by atoms with Crippen LogP contribution in [0.4, 0.5) is 0 Å². The zero-order chi connectivity index (χ0) is 8.85. The van der Waals surface area contributed by atoms with Crippen LogP contribution >= 0.6 is 0 Å². The molecule has 0 fully saturated rings. The number of nitrogens with two attached hydrogens (primary N) is 1. The molecule has 0 aromatic rings. The van der Waals surface area contributed by atoms with Gasteiger partial charge in [-0.05, 0) is 12.3 Å². The Bertz CT molecular complexity index is 152. The lowest BCUT2D eigenvalue weighted by Gasteiger charge is -2.08. The number of hydrogen-bond acceptors (Lipinski definition) is 1. The molecule has 0 saturated carbocycles. The molecular formula is C9H17NO. The maximum absolute atomic E-state index is 10.6. The van der Waals surface area contributed by atoms with Gasteiger partial charge >= 0.3 is 0 Å². The molecule has 0 aromatic heterocycles. The average molecular weight is 155 g/mol. The molecule has 0 saturated heterocycles. The van der Waals surface area contributed by atoms with Gasteiger partial charge in [0.05, 0.1) is 0 Å². The lowest BCUT2D eigenvalue weighted by atomic mass is 9.97. The van der Waals surface area contributed by atoms with E-state index < -0.39 is 0 Å². The van der Waals surface area contributed by atoms with Crippen LogP contribution in [0.5, 0.6) is 0 Å². The third kappa shape index (κ3) is 4.59. The Hall–Kier alpha value is -0.790. The van der Waals surface area contributed by atoms with E-state index >= 15 is 0 Å². The summed E-state index contributed by atoms with van der Waals surface area (Å²) in [5.41, 5.74) is 5.59. The highest BCUT2D eigenvalue weighted by Crippen LogP contribution is 2.14. The van der Waals surface area contributed by atoms with Gasteiger partial charge in [0.1, 0.15) is 0 Å². The van der Waals surface area contributed by atoms with E-state index in [0.29, 0.717) is 11.5 Å². The Morgan fingerprint density at radius 3 is 2.55 bits per heavy atom. The Balaban J connectivity index is 3.66. The molecule has 0 aliphatic rings. The first-order valence-corrected chi connectivity index (χ1v) is 4.05. The van der Waals surface area contributed by atoms with Gasteiger partial charge in [0.2, 0.25) is 5.91 Å². The third-order valence-corrected chi connectivity index (χ3v) is 1.72. The molecule has 0 aliphatic carbocycles. The van der Waals surface area contributed by atoms with Crippen molar-refractivity contribution in [2.75, 3.05) is 0 Å². The summed E-state index contributed by atoms with van der Waals surface area (Å²) in [7, 11) is 0. The summed E-state index contributed by atoms with van der Waals surface area (Å²) in [6.45, 7) is 7.84. The van der Waals surface area contributed by atoms with Crippen molar-refractivity contribution >= 4 is 5.91 Å². The summed E-state index contributed by atoms with van der Waals surface area (Å²) in [6, 6.07) is 0. The van der Waals surface area contributed by atoms with Crippen molar-refractivity contribution in [1.82, 2.24) is 0 Å². The lowest BCUT2D eigenvalue weighted by Crippen LogP contribution is -2.14. The van der Waals surface area contributed by atoms with Crippen molar-refractivity contribution < 1.29 is 4.79 Å². The smallest absolute Gasteiger partial charge is 0.244 e. The van der Waals surface area contributed by atoms with Gasteiger partial charge < -0.3 is 5.73 Å². The zero-order valence-corrected chi connectivity index (χ0v) is 7.39. The highest BCUT2D eigenvalue weighted by Gasteiger charge is 2.06. The van der Waals surface area contributed by atoms with Gasteiger partial charge in [0.15, 0.2) is 0 Å². The van der Waals surface area contributed by atoms with E-state index in [1.54, 1.807) is 0 Å². The van der Waals surface area contributed by atoms with E-state index in [0.717, 1.165) is 19.3 Å². The summed E-state index contributed by atoms with van der Waals surface area (Å²) in [5.74, 6) is 0.160. The monoisotopic (exact) mass is 155 g/mol. The molecule has 2 heteroatoms. The molecule has 2 N–H and O–H groups in total. The number of rotatable bonds is 5. The summed E-state index contributed by atoms with van der Waals surface area (Å²) in [5, 5.41) is 0. The lowest BCUT2D eigenvalue weighted by molar-refractivity contribution is -0.114. The standard InChI is InChI=1S/C9H17NO/c1-4-5-7(2)6-8(3)9(10)11/h7H,3-6H2,1-2H3,(H2,10,11). The second-order valence-electron chi connectivity index (χ2n) is 3.07. The van der Waals surface area contributed by atoms with Gasteiger partial charge in [-0.3, -0.25) is 4.79 Å². The number of amides is 1. The minimum atomic E-state index is -0.368. The molecular weight excluding hydrogens is 138 g/mol. The molecule has 64 valence electrons. The van der Waals surface area contributed by atoms with E-state index in [2.05, 4.69) is 20.4 Å². The minimum Gasteiger partial charge on any atom is -0.366 e. The van der Waals surface area contributed by atoms with Crippen molar-refractivity contribution in [3.8, 4) is 0 Å². The highest BCUT2D eigenvalue weighted by atomic mass is 16.1. The third-order valence-electron chi connectivity index (χ3n) is 1.72. The van der Waals surface area contributed by atoms with Crippen LogP contribution in [0.25, 0.3) is 0 Å². The van der Waals surface area contributed by atoms with Crippen molar-refractivity contribution in [2.24, 2.45) is 11.7 Å². The normalized spacial score (nSPS) is 12.5. The Kier molecular flexibility index (Phi) is 4.59. The van der Waals surface area contributed by atoms with Gasteiger partial charge in [-0.15, -0.1) is 0 Å². The van der Waals surface area contributed by atoms with Gasteiger partial charge in [-0.2, -0.15) is 0 Å². The van der Waals surface area contributed by atoms with Crippen LogP contribution in [-0.4, -0.2) is 5.91 Å². The van der Waals surface area contributed by atoms with Crippen LogP contribution in [0.15, 0.2) is 12.2 Å². The van der Waals surface area contributed by atoms with Crippen LogP contribution in [0.3, 0.4) is 0 Å². The van der Waals surface area contributed by atoms with Crippen LogP contribution in [0.1, 0.15) is 33.1 Å². The highest BCUT2D eigenvalue weighted by molar-refractivity contribution is 5.91. The van der Waals surface area contributed by atoms with E-state index in [-0.39, 0.29) is 5.91 Å². The second-order valence-corrected chi connectivity index (χ2v) is 3.07. The molecule has 0 radical (unpaired) electrons. The summed E-state index contributed by atoms with van der Waals surface area (Å²) >= 11 is 0. The molecule has 0 bridgehead atoms. The van der Waals surface area contributed by atoms with Gasteiger partial charge in [0, 0.05) is 5.57 Å². The fourth-order valence-electron chi connectivity index (χ4n) is 1.12.